The Bertz CT molecular complexity index is 1070. The van der Waals surface area contributed by atoms with Crippen LogP contribution in [0.25, 0.3) is 22.2 Å². The van der Waals surface area contributed by atoms with Gasteiger partial charge in [-0.2, -0.15) is 0 Å². The van der Waals surface area contributed by atoms with E-state index in [0.717, 1.165) is 27.4 Å². The Morgan fingerprint density at radius 3 is 2.40 bits per heavy atom. The van der Waals surface area contributed by atoms with Crippen LogP contribution in [-0.2, 0) is 6.54 Å². The van der Waals surface area contributed by atoms with E-state index >= 15 is 0 Å². The van der Waals surface area contributed by atoms with Gasteiger partial charge in [0.25, 0.3) is 5.56 Å². The van der Waals surface area contributed by atoms with Gasteiger partial charge >= 0.3 is 0 Å². The highest BCUT2D eigenvalue weighted by molar-refractivity contribution is 7.98. The number of H-pyrrole nitrogens is 1. The van der Waals surface area contributed by atoms with Crippen LogP contribution in [0, 0.1) is 0 Å². The van der Waals surface area contributed by atoms with E-state index in [0.29, 0.717) is 12.1 Å². The largest absolute Gasteiger partial charge is 0.355 e. The summed E-state index contributed by atoms with van der Waals surface area (Å²) in [6.45, 7) is 0.512. The summed E-state index contributed by atoms with van der Waals surface area (Å²) in [6.07, 6.45) is 3.81. The Morgan fingerprint density at radius 2 is 1.72 bits per heavy atom. The zero-order valence-corrected chi connectivity index (χ0v) is 14.6. The summed E-state index contributed by atoms with van der Waals surface area (Å²) in [6, 6.07) is 20.0. The summed E-state index contributed by atoms with van der Waals surface area (Å²) in [4.78, 5) is 20.9. The minimum Gasteiger partial charge on any atom is -0.355 e. The van der Waals surface area contributed by atoms with Gasteiger partial charge in [-0.05, 0) is 17.4 Å². The molecular weight excluding hydrogens is 330 g/mol. The van der Waals surface area contributed by atoms with Crippen LogP contribution in [-0.4, -0.2) is 20.8 Å². The molecule has 1 N–H and O–H groups in total. The van der Waals surface area contributed by atoms with Gasteiger partial charge < -0.3 is 4.98 Å². The molecule has 0 atom stereocenters. The van der Waals surface area contributed by atoms with Crippen molar-refractivity contribution in [2.24, 2.45) is 0 Å². The number of aromatic nitrogens is 3. The summed E-state index contributed by atoms with van der Waals surface area (Å²) in [5, 5.41) is 0.720. The Balaban J connectivity index is 1.89. The van der Waals surface area contributed by atoms with Crippen LogP contribution in [0.2, 0.25) is 0 Å². The minimum atomic E-state index is -0.0413. The van der Waals surface area contributed by atoms with Crippen molar-refractivity contribution in [1.82, 2.24) is 14.5 Å². The zero-order valence-electron chi connectivity index (χ0n) is 13.8. The molecule has 0 bridgehead atoms. The van der Waals surface area contributed by atoms with Crippen LogP contribution < -0.4 is 5.56 Å². The number of benzene rings is 2. The van der Waals surface area contributed by atoms with Crippen molar-refractivity contribution >= 4 is 22.8 Å². The van der Waals surface area contributed by atoms with Gasteiger partial charge in [-0.3, -0.25) is 9.36 Å². The Morgan fingerprint density at radius 1 is 1.04 bits per heavy atom. The lowest BCUT2D eigenvalue weighted by Crippen LogP contribution is -2.23. The van der Waals surface area contributed by atoms with Gasteiger partial charge in [0.05, 0.1) is 6.54 Å². The number of nitrogens with one attached hydrogen (secondary N) is 1. The van der Waals surface area contributed by atoms with Crippen LogP contribution in [0.4, 0.5) is 0 Å². The normalized spacial score (nSPS) is 11.1. The third-order valence-electron chi connectivity index (χ3n) is 4.20. The Hall–Kier alpha value is -2.79. The SMILES string of the molecule is CSc1nc2c(-c3ccccc3)c[nH]c2c(=O)n1Cc1ccccc1. The maximum absolute atomic E-state index is 13.0. The van der Waals surface area contributed by atoms with E-state index in [1.54, 1.807) is 4.57 Å². The number of thioether (sulfide) groups is 1. The number of hydrogen-bond acceptors (Lipinski definition) is 3. The highest BCUT2D eigenvalue weighted by atomic mass is 32.2. The standard InChI is InChI=1S/C20H17N3OS/c1-25-20-22-17-16(15-10-6-3-7-11-15)12-21-18(17)19(24)23(20)13-14-8-4-2-5-9-14/h2-12,21H,13H2,1H3. The molecule has 0 unspecified atom stereocenters. The molecule has 25 heavy (non-hydrogen) atoms. The van der Waals surface area contributed by atoms with Crippen molar-refractivity contribution in [2.75, 3.05) is 6.26 Å². The second-order valence-electron chi connectivity index (χ2n) is 5.77. The number of rotatable bonds is 4. The first-order valence-corrected chi connectivity index (χ1v) is 9.25. The maximum Gasteiger partial charge on any atom is 0.278 e. The molecule has 0 spiro atoms. The number of aromatic amines is 1. The van der Waals surface area contributed by atoms with Crippen molar-refractivity contribution in [1.29, 1.82) is 0 Å². The van der Waals surface area contributed by atoms with Crippen LogP contribution >= 0.6 is 11.8 Å². The zero-order chi connectivity index (χ0) is 17.2. The van der Waals surface area contributed by atoms with Gasteiger partial charge in [-0.15, -0.1) is 0 Å². The van der Waals surface area contributed by atoms with Crippen molar-refractivity contribution < 1.29 is 0 Å². The molecule has 0 radical (unpaired) electrons. The summed E-state index contributed by atoms with van der Waals surface area (Å²) in [5.41, 5.74) is 4.32. The molecule has 0 aliphatic carbocycles. The first-order chi connectivity index (χ1) is 12.3. The Labute approximate surface area is 149 Å². The number of fused-ring (bicyclic) bond motifs is 1. The van der Waals surface area contributed by atoms with Gasteiger partial charge in [-0.25, -0.2) is 4.98 Å². The molecule has 2 heterocycles. The topological polar surface area (TPSA) is 50.7 Å². The summed E-state index contributed by atoms with van der Waals surface area (Å²) >= 11 is 1.49. The highest BCUT2D eigenvalue weighted by Crippen LogP contribution is 2.27. The monoisotopic (exact) mass is 347 g/mol. The fourth-order valence-corrected chi connectivity index (χ4v) is 3.52. The lowest BCUT2D eigenvalue weighted by Gasteiger charge is -2.11. The second-order valence-corrected chi connectivity index (χ2v) is 6.54. The lowest BCUT2D eigenvalue weighted by atomic mass is 10.1. The fourth-order valence-electron chi connectivity index (χ4n) is 2.97. The first kappa shape index (κ1) is 15.7. The molecule has 0 saturated carbocycles. The third-order valence-corrected chi connectivity index (χ3v) is 4.88. The van der Waals surface area contributed by atoms with E-state index in [1.165, 1.54) is 11.8 Å². The van der Waals surface area contributed by atoms with Crippen LogP contribution in [0.15, 0.2) is 76.8 Å². The summed E-state index contributed by atoms with van der Waals surface area (Å²) < 4.78 is 1.73. The maximum atomic E-state index is 13.0. The predicted octanol–water partition coefficient (Wildman–Crippen LogP) is 4.16. The molecule has 0 aliphatic heterocycles. The van der Waals surface area contributed by atoms with Crippen molar-refractivity contribution in [3.8, 4) is 11.1 Å². The van der Waals surface area contributed by atoms with E-state index in [-0.39, 0.29) is 5.56 Å². The van der Waals surface area contributed by atoms with Crippen molar-refractivity contribution in [2.45, 2.75) is 11.7 Å². The van der Waals surface area contributed by atoms with E-state index < -0.39 is 0 Å². The molecule has 2 aromatic heterocycles. The molecule has 5 heteroatoms. The molecule has 4 nitrogen and oxygen atoms in total. The predicted molar refractivity (Wildman–Crippen MR) is 103 cm³/mol. The molecule has 0 amide bonds. The van der Waals surface area contributed by atoms with Gasteiger partial charge in [0.2, 0.25) is 0 Å². The Kier molecular flexibility index (Phi) is 4.15. The smallest absolute Gasteiger partial charge is 0.278 e. The average Bonchev–Trinajstić information content (AvgIpc) is 3.09. The van der Waals surface area contributed by atoms with Crippen LogP contribution in [0.3, 0.4) is 0 Å². The van der Waals surface area contributed by atoms with Gasteiger partial charge in [0.15, 0.2) is 5.16 Å². The fraction of sp³-hybridized carbons (Fsp3) is 0.100. The molecule has 2 aromatic carbocycles. The molecule has 0 aliphatic rings. The first-order valence-electron chi connectivity index (χ1n) is 8.03. The quantitative estimate of drug-likeness (QED) is 0.445. The van der Waals surface area contributed by atoms with Gasteiger partial charge in [0.1, 0.15) is 11.0 Å². The van der Waals surface area contributed by atoms with Crippen molar-refractivity contribution in [3.05, 3.63) is 82.8 Å². The second kappa shape index (κ2) is 6.61. The molecule has 124 valence electrons. The summed E-state index contributed by atoms with van der Waals surface area (Å²) in [7, 11) is 0. The lowest BCUT2D eigenvalue weighted by molar-refractivity contribution is 0.658. The van der Waals surface area contributed by atoms with Crippen LogP contribution in [0.1, 0.15) is 5.56 Å². The minimum absolute atomic E-state index is 0.0413. The van der Waals surface area contributed by atoms with Crippen molar-refractivity contribution in [3.63, 3.8) is 0 Å². The van der Waals surface area contributed by atoms with Gasteiger partial charge in [0, 0.05) is 11.8 Å². The summed E-state index contributed by atoms with van der Waals surface area (Å²) in [5.74, 6) is 0. The average molecular weight is 347 g/mol. The molecule has 4 rings (SSSR count). The van der Waals surface area contributed by atoms with Crippen LogP contribution in [0.5, 0.6) is 0 Å². The van der Waals surface area contributed by atoms with E-state index in [1.807, 2.05) is 73.1 Å². The molecular formula is C20H17N3OS. The third kappa shape index (κ3) is 2.87. The van der Waals surface area contributed by atoms with E-state index in [4.69, 9.17) is 4.98 Å². The molecule has 0 fully saturated rings. The molecule has 4 aromatic rings. The van der Waals surface area contributed by atoms with Gasteiger partial charge in [-0.1, -0.05) is 72.4 Å². The molecule has 0 saturated heterocycles. The highest BCUT2D eigenvalue weighted by Gasteiger charge is 2.16. The van der Waals surface area contributed by atoms with E-state index in [2.05, 4.69) is 4.98 Å². The number of nitrogens with zero attached hydrogens (tertiary/aromatic N) is 2. The number of hydrogen-bond donors (Lipinski definition) is 1. The van der Waals surface area contributed by atoms with E-state index in [9.17, 15) is 4.79 Å².